The van der Waals surface area contributed by atoms with Crippen LogP contribution in [0.15, 0.2) is 18.2 Å². The van der Waals surface area contributed by atoms with Crippen molar-refractivity contribution >= 4 is 22.2 Å². The van der Waals surface area contributed by atoms with Crippen LogP contribution in [0, 0.1) is 5.92 Å². The van der Waals surface area contributed by atoms with Gasteiger partial charge >= 0.3 is 6.09 Å². The molecule has 2 saturated heterocycles. The highest BCUT2D eigenvalue weighted by atomic mass is 32.2. The average Bonchev–Trinajstić information content (AvgIpc) is 2.87. The number of piperazine rings is 1. The van der Waals surface area contributed by atoms with E-state index in [1.165, 1.54) is 13.5 Å². The maximum Gasteiger partial charge on any atom is 0.409 e. The van der Waals surface area contributed by atoms with Crippen molar-refractivity contribution in [3.63, 3.8) is 0 Å². The van der Waals surface area contributed by atoms with Gasteiger partial charge in [-0.2, -0.15) is 17.0 Å². The first-order chi connectivity index (χ1) is 16.3. The Bertz CT molecular complexity index is 964. The summed E-state index contributed by atoms with van der Waals surface area (Å²) >= 11 is 0. The lowest BCUT2D eigenvalue weighted by Crippen LogP contribution is -2.56. The van der Waals surface area contributed by atoms with Gasteiger partial charge in [-0.3, -0.25) is 4.79 Å². The molecule has 0 radical (unpaired) electrons. The number of hydrogen-bond donors (Lipinski definition) is 1. The molecule has 34 heavy (non-hydrogen) atoms. The number of carbonyl (C=O) groups excluding carboxylic acids is 2. The summed E-state index contributed by atoms with van der Waals surface area (Å²) in [6.07, 6.45) is 0.794. The van der Waals surface area contributed by atoms with Crippen LogP contribution in [0.2, 0.25) is 0 Å². The van der Waals surface area contributed by atoms with Gasteiger partial charge in [0.05, 0.1) is 26.7 Å². The van der Waals surface area contributed by atoms with Gasteiger partial charge in [0.1, 0.15) is 11.5 Å². The van der Waals surface area contributed by atoms with E-state index < -0.39 is 22.2 Å². The van der Waals surface area contributed by atoms with E-state index in [1.807, 2.05) is 6.07 Å². The molecule has 12 heteroatoms. The van der Waals surface area contributed by atoms with Crippen LogP contribution in [-0.2, 0) is 26.3 Å². The lowest BCUT2D eigenvalue weighted by Gasteiger charge is -2.38. The topological polar surface area (TPSA) is 118 Å². The second kappa shape index (κ2) is 11.7. The van der Waals surface area contributed by atoms with E-state index >= 15 is 0 Å². The fourth-order valence-electron chi connectivity index (χ4n) is 4.17. The summed E-state index contributed by atoms with van der Waals surface area (Å²) in [6.45, 7) is 3.74. The van der Waals surface area contributed by atoms with Crippen LogP contribution in [-0.4, -0.2) is 94.0 Å². The Labute approximate surface area is 201 Å². The molecule has 1 atom stereocenters. The zero-order valence-corrected chi connectivity index (χ0v) is 20.8. The molecular formula is C22H34N4O7S. The van der Waals surface area contributed by atoms with Gasteiger partial charge in [0.15, 0.2) is 0 Å². The van der Waals surface area contributed by atoms with Crippen molar-refractivity contribution in [1.82, 2.24) is 18.8 Å². The first kappa shape index (κ1) is 26.0. The number of piperidine rings is 1. The van der Waals surface area contributed by atoms with Gasteiger partial charge in [-0.05, 0) is 31.9 Å². The minimum absolute atomic E-state index is 0.131. The van der Waals surface area contributed by atoms with Gasteiger partial charge in [-0.1, -0.05) is 0 Å². The molecule has 0 aliphatic carbocycles. The van der Waals surface area contributed by atoms with Gasteiger partial charge in [0, 0.05) is 57.4 Å². The number of methoxy groups -OCH3 is 2. The highest BCUT2D eigenvalue weighted by molar-refractivity contribution is 7.86. The molecule has 2 aliphatic rings. The molecule has 0 unspecified atom stereocenters. The Morgan fingerprint density at radius 3 is 2.44 bits per heavy atom. The molecule has 0 bridgehead atoms. The van der Waals surface area contributed by atoms with Crippen LogP contribution in [0.25, 0.3) is 0 Å². The number of nitrogens with zero attached hydrogens (tertiary/aromatic N) is 3. The van der Waals surface area contributed by atoms with Gasteiger partial charge in [-0.15, -0.1) is 0 Å². The van der Waals surface area contributed by atoms with Crippen molar-refractivity contribution in [3.05, 3.63) is 23.8 Å². The number of rotatable bonds is 8. The molecule has 0 aromatic heterocycles. The van der Waals surface area contributed by atoms with Crippen LogP contribution in [0.1, 0.15) is 25.3 Å². The molecule has 1 aromatic rings. The number of amides is 2. The molecule has 190 valence electrons. The van der Waals surface area contributed by atoms with Crippen molar-refractivity contribution in [2.24, 2.45) is 5.92 Å². The molecule has 3 rings (SSSR count). The summed E-state index contributed by atoms with van der Waals surface area (Å²) in [7, 11) is -0.603. The van der Waals surface area contributed by atoms with Crippen LogP contribution in [0.4, 0.5) is 4.79 Å². The van der Waals surface area contributed by atoms with E-state index in [2.05, 4.69) is 5.32 Å². The third-order valence-corrected chi connectivity index (χ3v) is 8.12. The third kappa shape index (κ3) is 6.10. The number of nitrogens with one attached hydrogen (secondary N) is 1. The lowest BCUT2D eigenvalue weighted by molar-refractivity contribution is -0.126. The Morgan fingerprint density at radius 2 is 1.79 bits per heavy atom. The molecule has 1 aromatic carbocycles. The van der Waals surface area contributed by atoms with E-state index in [-0.39, 0.29) is 51.8 Å². The van der Waals surface area contributed by atoms with E-state index in [9.17, 15) is 18.0 Å². The van der Waals surface area contributed by atoms with Gasteiger partial charge in [0.25, 0.3) is 10.2 Å². The van der Waals surface area contributed by atoms with Crippen LogP contribution in [0.3, 0.4) is 0 Å². The number of benzene rings is 1. The standard InChI is InChI=1S/C22H34N4O7S/c1-4-33-22(28)24-10-12-25(13-11-24)34(29,30)26-9-5-6-18(16-26)21(27)23-15-17-7-8-19(31-2)14-20(17)32-3/h7-8,14,18H,4-6,9-13,15-16H2,1-3H3,(H,23,27)/t18-/m0/s1. The summed E-state index contributed by atoms with van der Waals surface area (Å²) in [5.74, 6) is 0.635. The largest absolute Gasteiger partial charge is 0.497 e. The summed E-state index contributed by atoms with van der Waals surface area (Å²) < 4.78 is 44.7. The normalized spacial score (nSPS) is 20.0. The Hall–Kier alpha value is -2.57. The molecule has 0 spiro atoms. The highest BCUT2D eigenvalue weighted by Gasteiger charge is 2.37. The Balaban J connectivity index is 1.56. The van der Waals surface area contributed by atoms with Crippen molar-refractivity contribution in [3.8, 4) is 11.5 Å². The molecular weight excluding hydrogens is 464 g/mol. The van der Waals surface area contributed by atoms with Gasteiger partial charge in [-0.25, -0.2) is 4.79 Å². The quantitative estimate of drug-likeness (QED) is 0.569. The fourth-order valence-corrected chi connectivity index (χ4v) is 5.85. The number of hydrogen-bond acceptors (Lipinski definition) is 7. The first-order valence-corrected chi connectivity index (χ1v) is 12.8. The monoisotopic (exact) mass is 498 g/mol. The SMILES string of the molecule is CCOC(=O)N1CCN(S(=O)(=O)N2CCC[C@H](C(=O)NCc3ccc(OC)cc3OC)C2)CC1. The summed E-state index contributed by atoms with van der Waals surface area (Å²) in [4.78, 5) is 26.2. The van der Waals surface area contributed by atoms with E-state index in [0.717, 1.165) is 5.56 Å². The lowest BCUT2D eigenvalue weighted by atomic mass is 9.98. The molecule has 2 fully saturated rings. The Kier molecular flexibility index (Phi) is 8.97. The summed E-state index contributed by atoms with van der Waals surface area (Å²) in [5.41, 5.74) is 0.802. The second-order valence-electron chi connectivity index (χ2n) is 8.19. The fraction of sp³-hybridized carbons (Fsp3) is 0.636. The molecule has 1 N–H and O–H groups in total. The maximum absolute atomic E-state index is 13.2. The Morgan fingerprint density at radius 1 is 1.06 bits per heavy atom. The van der Waals surface area contributed by atoms with E-state index in [1.54, 1.807) is 33.3 Å². The number of ether oxygens (including phenoxy) is 3. The number of carbonyl (C=O) groups is 2. The predicted octanol–water partition coefficient (Wildman–Crippen LogP) is 1.05. The smallest absolute Gasteiger partial charge is 0.409 e. The zero-order chi connectivity index (χ0) is 24.7. The first-order valence-electron chi connectivity index (χ1n) is 11.5. The molecule has 2 amide bonds. The predicted molar refractivity (Wildman–Crippen MR) is 125 cm³/mol. The van der Waals surface area contributed by atoms with Crippen molar-refractivity contribution in [2.75, 3.05) is 60.1 Å². The molecule has 0 saturated carbocycles. The summed E-state index contributed by atoms with van der Waals surface area (Å²) in [6, 6.07) is 5.37. The molecule has 2 heterocycles. The molecule has 2 aliphatic heterocycles. The van der Waals surface area contributed by atoms with Crippen LogP contribution < -0.4 is 14.8 Å². The van der Waals surface area contributed by atoms with Crippen molar-refractivity contribution in [1.29, 1.82) is 0 Å². The van der Waals surface area contributed by atoms with Crippen molar-refractivity contribution in [2.45, 2.75) is 26.3 Å². The summed E-state index contributed by atoms with van der Waals surface area (Å²) in [5, 5.41) is 2.91. The minimum atomic E-state index is -3.72. The van der Waals surface area contributed by atoms with E-state index in [4.69, 9.17) is 14.2 Å². The zero-order valence-electron chi connectivity index (χ0n) is 20.0. The van der Waals surface area contributed by atoms with Gasteiger partial charge in [0.2, 0.25) is 5.91 Å². The highest BCUT2D eigenvalue weighted by Crippen LogP contribution is 2.26. The maximum atomic E-state index is 13.2. The average molecular weight is 499 g/mol. The van der Waals surface area contributed by atoms with Gasteiger partial charge < -0.3 is 24.4 Å². The third-order valence-electron chi connectivity index (χ3n) is 6.12. The van der Waals surface area contributed by atoms with E-state index in [0.29, 0.717) is 30.9 Å². The second-order valence-corrected chi connectivity index (χ2v) is 10.1. The van der Waals surface area contributed by atoms with Crippen LogP contribution in [0.5, 0.6) is 11.5 Å². The molecule has 11 nitrogen and oxygen atoms in total. The van der Waals surface area contributed by atoms with Crippen molar-refractivity contribution < 1.29 is 32.2 Å². The van der Waals surface area contributed by atoms with Crippen LogP contribution >= 0.6 is 0 Å². The minimum Gasteiger partial charge on any atom is -0.497 e.